The van der Waals surface area contributed by atoms with E-state index in [4.69, 9.17) is 5.11 Å². The lowest BCUT2D eigenvalue weighted by molar-refractivity contribution is 0.281. The third kappa shape index (κ3) is 6.77. The van der Waals surface area contributed by atoms with Crippen molar-refractivity contribution in [1.82, 2.24) is 5.32 Å². The minimum absolute atomic E-state index is 0.130. The van der Waals surface area contributed by atoms with Gasteiger partial charge in [0.2, 0.25) is 0 Å². The van der Waals surface area contributed by atoms with Crippen LogP contribution in [0.1, 0.15) is 56.6 Å². The van der Waals surface area contributed by atoms with E-state index in [-0.39, 0.29) is 6.61 Å². The first kappa shape index (κ1) is 15.2. The van der Waals surface area contributed by atoms with Gasteiger partial charge in [-0.1, -0.05) is 63.3 Å². The molecule has 0 unspecified atom stereocenters. The molecule has 0 aromatic heterocycles. The zero-order valence-corrected chi connectivity index (χ0v) is 11.6. The summed E-state index contributed by atoms with van der Waals surface area (Å²) >= 11 is 0. The van der Waals surface area contributed by atoms with E-state index in [2.05, 4.69) is 24.4 Å². The molecule has 0 aliphatic heterocycles. The number of benzene rings is 1. The predicted molar refractivity (Wildman–Crippen MR) is 77.4 cm³/mol. The van der Waals surface area contributed by atoms with Crippen LogP contribution in [0.3, 0.4) is 0 Å². The minimum atomic E-state index is 0.130. The Hall–Kier alpha value is -0.860. The van der Waals surface area contributed by atoms with Gasteiger partial charge in [0.15, 0.2) is 0 Å². The van der Waals surface area contributed by atoms with Crippen LogP contribution in [0.4, 0.5) is 0 Å². The average molecular weight is 249 g/mol. The summed E-state index contributed by atoms with van der Waals surface area (Å²) in [7, 11) is 0. The maximum atomic E-state index is 9.05. The van der Waals surface area contributed by atoms with Gasteiger partial charge in [0.05, 0.1) is 6.61 Å². The molecule has 0 bridgehead atoms. The van der Waals surface area contributed by atoms with Gasteiger partial charge in [0.25, 0.3) is 0 Å². The second kappa shape index (κ2) is 10.1. The summed E-state index contributed by atoms with van der Waals surface area (Å²) in [5.41, 5.74) is 2.25. The normalized spacial score (nSPS) is 10.8. The molecule has 0 atom stereocenters. The third-order valence-electron chi connectivity index (χ3n) is 3.21. The Morgan fingerprint density at radius 1 is 1.00 bits per heavy atom. The van der Waals surface area contributed by atoms with Gasteiger partial charge in [0, 0.05) is 6.54 Å². The molecule has 0 radical (unpaired) electrons. The fourth-order valence-electron chi connectivity index (χ4n) is 2.10. The number of rotatable bonds is 10. The quantitative estimate of drug-likeness (QED) is 0.621. The largest absolute Gasteiger partial charge is 0.392 e. The molecule has 2 nitrogen and oxygen atoms in total. The van der Waals surface area contributed by atoms with E-state index in [1.165, 1.54) is 44.1 Å². The van der Waals surface area contributed by atoms with Crippen LogP contribution in [0.2, 0.25) is 0 Å². The summed E-state index contributed by atoms with van der Waals surface area (Å²) < 4.78 is 0. The van der Waals surface area contributed by atoms with Gasteiger partial charge >= 0.3 is 0 Å². The molecular formula is C16H27NO. The summed E-state index contributed by atoms with van der Waals surface area (Å²) in [6.07, 6.45) is 8.05. The number of hydrogen-bond acceptors (Lipinski definition) is 2. The van der Waals surface area contributed by atoms with Crippen molar-refractivity contribution in [3.8, 4) is 0 Å². The van der Waals surface area contributed by atoms with Crippen LogP contribution in [0.15, 0.2) is 24.3 Å². The van der Waals surface area contributed by atoms with Crippen LogP contribution < -0.4 is 5.32 Å². The van der Waals surface area contributed by atoms with E-state index >= 15 is 0 Å². The first-order chi connectivity index (χ1) is 8.86. The fraction of sp³-hybridized carbons (Fsp3) is 0.625. The van der Waals surface area contributed by atoms with Gasteiger partial charge in [-0.3, -0.25) is 0 Å². The van der Waals surface area contributed by atoms with Crippen LogP contribution in [0.5, 0.6) is 0 Å². The second-order valence-electron chi connectivity index (χ2n) is 4.92. The molecule has 1 aromatic rings. The molecule has 1 rings (SSSR count). The Kier molecular flexibility index (Phi) is 8.53. The monoisotopic (exact) mass is 249 g/mol. The van der Waals surface area contributed by atoms with Gasteiger partial charge in [-0.2, -0.15) is 0 Å². The Labute approximate surface area is 111 Å². The zero-order valence-electron chi connectivity index (χ0n) is 11.6. The Morgan fingerprint density at radius 3 is 2.50 bits per heavy atom. The molecule has 0 aliphatic rings. The van der Waals surface area contributed by atoms with Crippen molar-refractivity contribution in [3.05, 3.63) is 35.4 Å². The lowest BCUT2D eigenvalue weighted by atomic mass is 10.1. The van der Waals surface area contributed by atoms with Gasteiger partial charge in [-0.15, -0.1) is 0 Å². The van der Waals surface area contributed by atoms with Crippen LogP contribution >= 0.6 is 0 Å². The van der Waals surface area contributed by atoms with E-state index < -0.39 is 0 Å². The third-order valence-corrected chi connectivity index (χ3v) is 3.21. The smallest absolute Gasteiger partial charge is 0.0681 e. The second-order valence-corrected chi connectivity index (χ2v) is 4.92. The highest BCUT2D eigenvalue weighted by atomic mass is 16.3. The SMILES string of the molecule is CCCCCCCCNCc1cccc(CO)c1. The number of aliphatic hydroxyl groups is 1. The lowest BCUT2D eigenvalue weighted by Crippen LogP contribution is -2.14. The molecule has 0 amide bonds. The molecule has 2 heteroatoms. The van der Waals surface area contributed by atoms with Crippen molar-refractivity contribution in [3.63, 3.8) is 0 Å². The molecular weight excluding hydrogens is 222 g/mol. The Bertz CT molecular complexity index is 312. The lowest BCUT2D eigenvalue weighted by Gasteiger charge is -2.06. The standard InChI is InChI=1S/C16H27NO/c1-2-3-4-5-6-7-11-17-13-15-9-8-10-16(12-15)14-18/h8-10,12,17-18H,2-7,11,13-14H2,1H3. The molecule has 102 valence electrons. The predicted octanol–water partition coefficient (Wildman–Crippen LogP) is 3.63. The van der Waals surface area contributed by atoms with Crippen molar-refractivity contribution in [1.29, 1.82) is 0 Å². The highest BCUT2D eigenvalue weighted by Crippen LogP contribution is 2.06. The van der Waals surface area contributed by atoms with Crippen LogP contribution in [-0.2, 0) is 13.2 Å². The summed E-state index contributed by atoms with van der Waals surface area (Å²) in [6.45, 7) is 4.38. The van der Waals surface area contributed by atoms with E-state index in [1.54, 1.807) is 0 Å². The van der Waals surface area contributed by atoms with Crippen molar-refractivity contribution in [2.24, 2.45) is 0 Å². The zero-order chi connectivity index (χ0) is 13.1. The van der Waals surface area contributed by atoms with Gasteiger partial charge in [-0.05, 0) is 24.1 Å². The van der Waals surface area contributed by atoms with E-state index in [1.807, 2.05) is 12.1 Å². The van der Waals surface area contributed by atoms with Crippen LogP contribution in [0.25, 0.3) is 0 Å². The molecule has 0 heterocycles. The van der Waals surface area contributed by atoms with Crippen molar-refractivity contribution < 1.29 is 5.11 Å². The summed E-state index contributed by atoms with van der Waals surface area (Å²) in [6, 6.07) is 8.13. The topological polar surface area (TPSA) is 32.3 Å². The molecule has 0 fully saturated rings. The van der Waals surface area contributed by atoms with Crippen molar-refractivity contribution in [2.45, 2.75) is 58.6 Å². The Morgan fingerprint density at radius 2 is 1.72 bits per heavy atom. The first-order valence-corrected chi connectivity index (χ1v) is 7.26. The maximum Gasteiger partial charge on any atom is 0.0681 e. The summed E-state index contributed by atoms with van der Waals surface area (Å²) in [5.74, 6) is 0. The highest BCUT2D eigenvalue weighted by Gasteiger charge is 1.95. The van der Waals surface area contributed by atoms with Crippen LogP contribution in [0, 0.1) is 0 Å². The van der Waals surface area contributed by atoms with Crippen LogP contribution in [-0.4, -0.2) is 11.7 Å². The maximum absolute atomic E-state index is 9.05. The first-order valence-electron chi connectivity index (χ1n) is 7.26. The van der Waals surface area contributed by atoms with Gasteiger partial charge < -0.3 is 10.4 Å². The van der Waals surface area contributed by atoms with Gasteiger partial charge in [0.1, 0.15) is 0 Å². The summed E-state index contributed by atoms with van der Waals surface area (Å²) in [4.78, 5) is 0. The van der Waals surface area contributed by atoms with E-state index in [0.29, 0.717) is 0 Å². The summed E-state index contributed by atoms with van der Waals surface area (Å²) in [5, 5.41) is 12.5. The molecule has 0 aliphatic carbocycles. The van der Waals surface area contributed by atoms with E-state index in [0.717, 1.165) is 18.7 Å². The minimum Gasteiger partial charge on any atom is -0.392 e. The molecule has 0 spiro atoms. The molecule has 18 heavy (non-hydrogen) atoms. The number of aliphatic hydroxyl groups excluding tert-OH is 1. The van der Waals surface area contributed by atoms with Gasteiger partial charge in [-0.25, -0.2) is 0 Å². The molecule has 0 saturated heterocycles. The average Bonchev–Trinajstić information content (AvgIpc) is 2.42. The molecule has 2 N–H and O–H groups in total. The van der Waals surface area contributed by atoms with E-state index in [9.17, 15) is 0 Å². The number of hydrogen-bond donors (Lipinski definition) is 2. The highest BCUT2D eigenvalue weighted by molar-refractivity contribution is 5.22. The Balaban J connectivity index is 2.03. The van der Waals surface area contributed by atoms with Crippen molar-refractivity contribution in [2.75, 3.05) is 6.54 Å². The number of nitrogens with one attached hydrogen (secondary N) is 1. The molecule has 1 aromatic carbocycles. The number of unbranched alkanes of at least 4 members (excludes halogenated alkanes) is 5. The fourth-order valence-corrected chi connectivity index (χ4v) is 2.10. The molecule has 0 saturated carbocycles. The van der Waals surface area contributed by atoms with Crippen molar-refractivity contribution >= 4 is 0 Å².